The van der Waals surface area contributed by atoms with Crippen LogP contribution in [0, 0.1) is 6.92 Å². The lowest BCUT2D eigenvalue weighted by Crippen LogP contribution is -2.13. The van der Waals surface area contributed by atoms with Crippen LogP contribution in [0.2, 0.25) is 0 Å². The second-order valence-electron chi connectivity index (χ2n) is 4.49. The Bertz CT molecular complexity index is 669. The highest BCUT2D eigenvalue weighted by Crippen LogP contribution is 2.28. The Hall–Kier alpha value is -1.33. The lowest BCUT2D eigenvalue weighted by atomic mass is 10.1. The number of ether oxygens (including phenoxy) is 2. The van der Waals surface area contributed by atoms with Gasteiger partial charge in [0.15, 0.2) is 6.61 Å². The molecule has 0 aromatic heterocycles. The number of methoxy groups -OCH3 is 1. The fraction of sp³-hybridized carbons (Fsp3) is 0.188. The molecular weight excluding hydrogens is 400 g/mol. The number of rotatable bonds is 5. The van der Waals surface area contributed by atoms with E-state index in [4.69, 9.17) is 9.47 Å². The van der Waals surface area contributed by atoms with Crippen molar-refractivity contribution in [3.05, 3.63) is 56.5 Å². The number of carbonyl (C=O) groups excluding carboxylic acids is 1. The van der Waals surface area contributed by atoms with E-state index in [-0.39, 0.29) is 12.4 Å². The van der Waals surface area contributed by atoms with E-state index in [0.29, 0.717) is 17.1 Å². The molecule has 0 heterocycles. The molecule has 2 aromatic carbocycles. The molecular formula is C16H14Br2O3. The summed E-state index contributed by atoms with van der Waals surface area (Å²) in [4.78, 5) is 12.3. The predicted octanol–water partition coefficient (Wildman–Crippen LogP) is 4.79. The van der Waals surface area contributed by atoms with E-state index in [2.05, 4.69) is 31.9 Å². The van der Waals surface area contributed by atoms with Gasteiger partial charge in [0.2, 0.25) is 5.78 Å². The zero-order valence-electron chi connectivity index (χ0n) is 11.7. The molecule has 0 aliphatic carbocycles. The molecule has 5 heteroatoms. The Kier molecular flexibility index (Phi) is 5.42. The zero-order valence-corrected chi connectivity index (χ0v) is 14.8. The van der Waals surface area contributed by atoms with Gasteiger partial charge in [0.1, 0.15) is 11.5 Å². The number of halogens is 2. The minimum Gasteiger partial charge on any atom is -0.496 e. The molecule has 0 spiro atoms. The van der Waals surface area contributed by atoms with E-state index in [9.17, 15) is 4.79 Å². The van der Waals surface area contributed by atoms with Crippen molar-refractivity contribution >= 4 is 37.6 Å². The summed E-state index contributed by atoms with van der Waals surface area (Å²) in [5.41, 5.74) is 1.57. The Morgan fingerprint density at radius 1 is 1.10 bits per heavy atom. The van der Waals surface area contributed by atoms with Gasteiger partial charge in [0, 0.05) is 4.47 Å². The molecule has 0 aliphatic rings. The van der Waals surface area contributed by atoms with Crippen LogP contribution in [0.4, 0.5) is 0 Å². The van der Waals surface area contributed by atoms with Gasteiger partial charge in [0.25, 0.3) is 0 Å². The lowest BCUT2D eigenvalue weighted by Gasteiger charge is -2.11. The first-order valence-electron chi connectivity index (χ1n) is 6.27. The molecule has 3 nitrogen and oxygen atoms in total. The average molecular weight is 414 g/mol. The van der Waals surface area contributed by atoms with Gasteiger partial charge in [-0.3, -0.25) is 4.79 Å². The van der Waals surface area contributed by atoms with Crippen LogP contribution in [0.15, 0.2) is 45.3 Å². The third kappa shape index (κ3) is 4.08. The number of hydrogen-bond acceptors (Lipinski definition) is 3. The fourth-order valence-corrected chi connectivity index (χ4v) is 3.00. The summed E-state index contributed by atoms with van der Waals surface area (Å²) < 4.78 is 12.5. The first kappa shape index (κ1) is 16.0. The van der Waals surface area contributed by atoms with Gasteiger partial charge in [-0.25, -0.2) is 0 Å². The van der Waals surface area contributed by atoms with Gasteiger partial charge >= 0.3 is 0 Å². The van der Waals surface area contributed by atoms with Crippen molar-refractivity contribution in [3.8, 4) is 11.5 Å². The van der Waals surface area contributed by atoms with Crippen molar-refractivity contribution in [3.63, 3.8) is 0 Å². The minimum atomic E-state index is -0.123. The van der Waals surface area contributed by atoms with Crippen molar-refractivity contribution in [2.24, 2.45) is 0 Å². The van der Waals surface area contributed by atoms with E-state index in [0.717, 1.165) is 14.5 Å². The molecule has 0 atom stereocenters. The maximum Gasteiger partial charge on any atom is 0.203 e. The van der Waals surface area contributed by atoms with Crippen LogP contribution < -0.4 is 9.47 Å². The Labute approximate surface area is 140 Å². The smallest absolute Gasteiger partial charge is 0.203 e. The first-order chi connectivity index (χ1) is 10.0. The Morgan fingerprint density at radius 3 is 2.52 bits per heavy atom. The number of aryl methyl sites for hydroxylation is 1. The van der Waals surface area contributed by atoms with Crippen LogP contribution in [0.5, 0.6) is 11.5 Å². The second-order valence-corrected chi connectivity index (χ2v) is 6.26. The van der Waals surface area contributed by atoms with E-state index < -0.39 is 0 Å². The van der Waals surface area contributed by atoms with Crippen LogP contribution in [0.25, 0.3) is 0 Å². The van der Waals surface area contributed by atoms with Gasteiger partial charge in [0.05, 0.1) is 17.1 Å². The van der Waals surface area contributed by atoms with Crippen molar-refractivity contribution < 1.29 is 14.3 Å². The molecule has 0 amide bonds. The quantitative estimate of drug-likeness (QED) is 0.661. The number of ketones is 1. The summed E-state index contributed by atoms with van der Waals surface area (Å²) in [5.74, 6) is 1.07. The summed E-state index contributed by atoms with van der Waals surface area (Å²) in [7, 11) is 1.55. The van der Waals surface area contributed by atoms with Crippen molar-refractivity contribution in [2.75, 3.05) is 13.7 Å². The molecule has 0 N–H and O–H groups in total. The monoisotopic (exact) mass is 412 g/mol. The summed E-state index contributed by atoms with van der Waals surface area (Å²) in [5, 5.41) is 0. The Morgan fingerprint density at radius 2 is 1.86 bits per heavy atom. The van der Waals surface area contributed by atoms with Gasteiger partial charge in [-0.05, 0) is 58.7 Å². The molecule has 2 rings (SSSR count). The number of Topliss-reactive ketones (excluding diaryl/α,β-unsaturated/α-hetero) is 1. The standard InChI is InChI=1S/C16H14Br2O3/c1-10-3-5-12(16(7-10)20-2)14(19)9-21-15-6-4-11(17)8-13(15)18/h3-8H,9H2,1-2H3. The fourth-order valence-electron chi connectivity index (χ4n) is 1.84. The number of benzene rings is 2. The molecule has 21 heavy (non-hydrogen) atoms. The average Bonchev–Trinajstić information content (AvgIpc) is 2.45. The normalized spacial score (nSPS) is 10.3. The molecule has 0 fully saturated rings. The van der Waals surface area contributed by atoms with Crippen LogP contribution in [-0.4, -0.2) is 19.5 Å². The number of hydrogen-bond donors (Lipinski definition) is 0. The summed E-state index contributed by atoms with van der Waals surface area (Å²) >= 11 is 6.77. The van der Waals surface area contributed by atoms with E-state index in [1.807, 2.05) is 31.2 Å². The van der Waals surface area contributed by atoms with Crippen molar-refractivity contribution in [2.45, 2.75) is 6.92 Å². The maximum absolute atomic E-state index is 12.3. The van der Waals surface area contributed by atoms with E-state index in [1.165, 1.54) is 0 Å². The first-order valence-corrected chi connectivity index (χ1v) is 7.85. The van der Waals surface area contributed by atoms with Gasteiger partial charge in [-0.1, -0.05) is 22.0 Å². The van der Waals surface area contributed by atoms with Gasteiger partial charge in [-0.2, -0.15) is 0 Å². The minimum absolute atomic E-state index is 0.0420. The van der Waals surface area contributed by atoms with Gasteiger partial charge < -0.3 is 9.47 Å². The molecule has 0 unspecified atom stereocenters. The summed E-state index contributed by atoms with van der Waals surface area (Å²) in [6.45, 7) is 1.91. The van der Waals surface area contributed by atoms with Crippen LogP contribution in [-0.2, 0) is 0 Å². The topological polar surface area (TPSA) is 35.5 Å². The zero-order chi connectivity index (χ0) is 15.4. The SMILES string of the molecule is COc1cc(C)ccc1C(=O)COc1ccc(Br)cc1Br. The molecule has 0 saturated heterocycles. The molecule has 0 saturated carbocycles. The van der Waals surface area contributed by atoms with E-state index in [1.54, 1.807) is 19.2 Å². The third-order valence-electron chi connectivity index (χ3n) is 2.91. The molecule has 110 valence electrons. The largest absolute Gasteiger partial charge is 0.496 e. The molecule has 0 radical (unpaired) electrons. The van der Waals surface area contributed by atoms with Crippen LogP contribution in [0.1, 0.15) is 15.9 Å². The maximum atomic E-state index is 12.3. The summed E-state index contributed by atoms with van der Waals surface area (Å²) in [6.07, 6.45) is 0. The third-order valence-corrected chi connectivity index (χ3v) is 4.02. The highest BCUT2D eigenvalue weighted by atomic mass is 79.9. The van der Waals surface area contributed by atoms with Crippen molar-refractivity contribution in [1.29, 1.82) is 0 Å². The van der Waals surface area contributed by atoms with Gasteiger partial charge in [-0.15, -0.1) is 0 Å². The second kappa shape index (κ2) is 7.09. The molecule has 0 aliphatic heterocycles. The molecule has 0 bridgehead atoms. The van der Waals surface area contributed by atoms with Crippen LogP contribution in [0.3, 0.4) is 0 Å². The predicted molar refractivity (Wildman–Crippen MR) is 89.4 cm³/mol. The highest BCUT2D eigenvalue weighted by molar-refractivity contribution is 9.11. The Balaban J connectivity index is 2.11. The highest BCUT2D eigenvalue weighted by Gasteiger charge is 2.14. The van der Waals surface area contributed by atoms with Crippen LogP contribution >= 0.6 is 31.9 Å². The number of carbonyl (C=O) groups is 1. The summed E-state index contributed by atoms with van der Waals surface area (Å²) in [6, 6.07) is 11.0. The lowest BCUT2D eigenvalue weighted by molar-refractivity contribution is 0.0918. The molecule has 2 aromatic rings. The van der Waals surface area contributed by atoms with E-state index >= 15 is 0 Å². The van der Waals surface area contributed by atoms with Crippen molar-refractivity contribution in [1.82, 2.24) is 0 Å².